The van der Waals surface area contributed by atoms with Gasteiger partial charge in [-0.25, -0.2) is 4.98 Å². The molecule has 2 nitrogen and oxygen atoms in total. The molecule has 3 aromatic rings. The van der Waals surface area contributed by atoms with E-state index in [0.29, 0.717) is 0 Å². The summed E-state index contributed by atoms with van der Waals surface area (Å²) in [6, 6.07) is 13.0. The van der Waals surface area contributed by atoms with Gasteiger partial charge in [0, 0.05) is 22.8 Å². The highest BCUT2D eigenvalue weighted by Gasteiger charge is 2.15. The molecule has 0 saturated heterocycles. The molecule has 2 aromatic heterocycles. The van der Waals surface area contributed by atoms with Gasteiger partial charge in [-0.05, 0) is 35.6 Å². The number of aryl methyl sites for hydroxylation is 1. The van der Waals surface area contributed by atoms with E-state index in [0.717, 1.165) is 5.65 Å². The third-order valence-corrected chi connectivity index (χ3v) is 3.80. The Morgan fingerprint density at radius 2 is 1.70 bits per heavy atom. The number of aromatic nitrogens is 2. The second kappa shape index (κ2) is 4.48. The third-order valence-electron chi connectivity index (χ3n) is 3.80. The average molecular weight is 264 g/mol. The SMILES string of the molecule is Cc1[nH]c2ncccc2c1-c1ccc(C(C)(C)C)cc1. The van der Waals surface area contributed by atoms with Gasteiger partial charge in [0.05, 0.1) is 0 Å². The smallest absolute Gasteiger partial charge is 0.138 e. The van der Waals surface area contributed by atoms with E-state index in [2.05, 4.69) is 68.0 Å². The van der Waals surface area contributed by atoms with E-state index >= 15 is 0 Å². The van der Waals surface area contributed by atoms with Gasteiger partial charge in [-0.15, -0.1) is 0 Å². The van der Waals surface area contributed by atoms with Gasteiger partial charge in [0.2, 0.25) is 0 Å². The van der Waals surface area contributed by atoms with Crippen LogP contribution in [0.25, 0.3) is 22.2 Å². The molecule has 0 amide bonds. The second-order valence-corrected chi connectivity index (χ2v) is 6.35. The highest BCUT2D eigenvalue weighted by atomic mass is 14.9. The lowest BCUT2D eigenvalue weighted by molar-refractivity contribution is 0.590. The largest absolute Gasteiger partial charge is 0.343 e. The Bertz CT molecular complexity index is 743. The van der Waals surface area contributed by atoms with Gasteiger partial charge >= 0.3 is 0 Å². The number of H-pyrrole nitrogens is 1. The minimum atomic E-state index is 0.190. The Hall–Kier alpha value is -2.09. The lowest BCUT2D eigenvalue weighted by Crippen LogP contribution is -2.10. The molecule has 0 aliphatic rings. The summed E-state index contributed by atoms with van der Waals surface area (Å²) >= 11 is 0. The van der Waals surface area contributed by atoms with Gasteiger partial charge < -0.3 is 4.98 Å². The molecule has 0 aliphatic heterocycles. The monoisotopic (exact) mass is 264 g/mol. The molecule has 0 saturated carbocycles. The highest BCUT2D eigenvalue weighted by Crippen LogP contribution is 2.32. The summed E-state index contributed by atoms with van der Waals surface area (Å²) in [7, 11) is 0. The van der Waals surface area contributed by atoms with Crippen molar-refractivity contribution in [2.45, 2.75) is 33.1 Å². The van der Waals surface area contributed by atoms with E-state index in [1.807, 2.05) is 12.3 Å². The van der Waals surface area contributed by atoms with Crippen molar-refractivity contribution in [3.05, 3.63) is 53.9 Å². The summed E-state index contributed by atoms with van der Waals surface area (Å²) in [6.45, 7) is 8.82. The molecule has 0 spiro atoms. The summed E-state index contributed by atoms with van der Waals surface area (Å²) in [5.41, 5.74) is 6.18. The molecule has 0 bridgehead atoms. The minimum Gasteiger partial charge on any atom is -0.343 e. The first kappa shape index (κ1) is 12.9. The van der Waals surface area contributed by atoms with Crippen LogP contribution in [0.1, 0.15) is 32.0 Å². The van der Waals surface area contributed by atoms with Gasteiger partial charge in [-0.3, -0.25) is 0 Å². The van der Waals surface area contributed by atoms with Gasteiger partial charge in [-0.2, -0.15) is 0 Å². The van der Waals surface area contributed by atoms with E-state index < -0.39 is 0 Å². The average Bonchev–Trinajstić information content (AvgIpc) is 2.73. The Labute approximate surface area is 119 Å². The first-order valence-electron chi connectivity index (χ1n) is 7.01. The summed E-state index contributed by atoms with van der Waals surface area (Å²) in [5.74, 6) is 0. The minimum absolute atomic E-state index is 0.190. The molecule has 0 aliphatic carbocycles. The molecule has 2 heterocycles. The summed E-state index contributed by atoms with van der Waals surface area (Å²) in [4.78, 5) is 7.75. The van der Waals surface area contributed by atoms with Crippen LogP contribution in [-0.2, 0) is 5.41 Å². The molecule has 0 fully saturated rings. The van der Waals surface area contributed by atoms with Crippen LogP contribution < -0.4 is 0 Å². The predicted octanol–water partition coefficient (Wildman–Crippen LogP) is 4.84. The molecule has 2 heteroatoms. The van der Waals surface area contributed by atoms with E-state index in [4.69, 9.17) is 0 Å². The van der Waals surface area contributed by atoms with Crippen LogP contribution in [0.3, 0.4) is 0 Å². The maximum absolute atomic E-state index is 4.39. The van der Waals surface area contributed by atoms with Crippen molar-refractivity contribution in [1.82, 2.24) is 9.97 Å². The lowest BCUT2D eigenvalue weighted by Gasteiger charge is -2.19. The van der Waals surface area contributed by atoms with Crippen LogP contribution in [0.2, 0.25) is 0 Å². The molecule has 102 valence electrons. The van der Waals surface area contributed by atoms with Crippen LogP contribution in [0.5, 0.6) is 0 Å². The Morgan fingerprint density at radius 3 is 2.35 bits per heavy atom. The summed E-state index contributed by atoms with van der Waals surface area (Å²) < 4.78 is 0. The zero-order valence-electron chi connectivity index (χ0n) is 12.5. The molecule has 1 N–H and O–H groups in total. The fourth-order valence-corrected chi connectivity index (χ4v) is 2.66. The highest BCUT2D eigenvalue weighted by molar-refractivity contribution is 5.95. The van der Waals surface area contributed by atoms with Crippen molar-refractivity contribution >= 4 is 11.0 Å². The number of aromatic amines is 1. The number of hydrogen-bond acceptors (Lipinski definition) is 1. The Morgan fingerprint density at radius 1 is 1.00 bits per heavy atom. The first-order valence-corrected chi connectivity index (χ1v) is 7.01. The number of pyridine rings is 1. The molecule has 1 aromatic carbocycles. The fourth-order valence-electron chi connectivity index (χ4n) is 2.66. The summed E-state index contributed by atoms with van der Waals surface area (Å²) in [5, 5.41) is 1.19. The van der Waals surface area contributed by atoms with Gasteiger partial charge in [-0.1, -0.05) is 45.0 Å². The zero-order chi connectivity index (χ0) is 14.3. The standard InChI is InChI=1S/C18H20N2/c1-12-16(15-6-5-11-19-17(15)20-12)13-7-9-14(10-8-13)18(2,3)4/h5-11H,1-4H3,(H,19,20). The van der Waals surface area contributed by atoms with Crippen LogP contribution in [0.15, 0.2) is 42.6 Å². The number of rotatable bonds is 1. The maximum atomic E-state index is 4.39. The van der Waals surface area contributed by atoms with E-state index in [1.54, 1.807) is 0 Å². The van der Waals surface area contributed by atoms with Crippen molar-refractivity contribution in [3.63, 3.8) is 0 Å². The number of fused-ring (bicyclic) bond motifs is 1. The van der Waals surface area contributed by atoms with E-state index in [1.165, 1.54) is 27.8 Å². The lowest BCUT2D eigenvalue weighted by atomic mass is 9.86. The molecular formula is C18H20N2. The Kier molecular flexibility index (Phi) is 2.89. The van der Waals surface area contributed by atoms with Gasteiger partial charge in [0.15, 0.2) is 0 Å². The van der Waals surface area contributed by atoms with Crippen molar-refractivity contribution in [1.29, 1.82) is 0 Å². The Balaban J connectivity index is 2.14. The van der Waals surface area contributed by atoms with Gasteiger partial charge in [0.1, 0.15) is 5.65 Å². The third kappa shape index (κ3) is 2.11. The quantitative estimate of drug-likeness (QED) is 0.669. The van der Waals surface area contributed by atoms with Crippen molar-refractivity contribution in [3.8, 4) is 11.1 Å². The van der Waals surface area contributed by atoms with Crippen LogP contribution >= 0.6 is 0 Å². The summed E-state index contributed by atoms with van der Waals surface area (Å²) in [6.07, 6.45) is 1.82. The molecular weight excluding hydrogens is 244 g/mol. The van der Waals surface area contributed by atoms with Crippen LogP contribution in [0.4, 0.5) is 0 Å². The first-order chi connectivity index (χ1) is 9.47. The van der Waals surface area contributed by atoms with Crippen molar-refractivity contribution < 1.29 is 0 Å². The van der Waals surface area contributed by atoms with Gasteiger partial charge in [0.25, 0.3) is 0 Å². The van der Waals surface area contributed by atoms with Crippen molar-refractivity contribution in [2.75, 3.05) is 0 Å². The zero-order valence-corrected chi connectivity index (χ0v) is 12.5. The number of benzene rings is 1. The predicted molar refractivity (Wildman–Crippen MR) is 85.0 cm³/mol. The molecule has 0 atom stereocenters. The molecule has 20 heavy (non-hydrogen) atoms. The second-order valence-electron chi connectivity index (χ2n) is 6.35. The fraction of sp³-hybridized carbons (Fsp3) is 0.278. The normalized spacial score (nSPS) is 12.0. The maximum Gasteiger partial charge on any atom is 0.138 e. The molecule has 0 unspecified atom stereocenters. The number of nitrogens with zero attached hydrogens (tertiary/aromatic N) is 1. The van der Waals surface area contributed by atoms with Crippen LogP contribution in [0, 0.1) is 6.92 Å². The van der Waals surface area contributed by atoms with Crippen molar-refractivity contribution in [2.24, 2.45) is 0 Å². The van der Waals surface area contributed by atoms with E-state index in [-0.39, 0.29) is 5.41 Å². The topological polar surface area (TPSA) is 28.7 Å². The molecule has 0 radical (unpaired) electrons. The molecule has 3 rings (SSSR count). The van der Waals surface area contributed by atoms with E-state index in [9.17, 15) is 0 Å². The van der Waals surface area contributed by atoms with Crippen LogP contribution in [-0.4, -0.2) is 9.97 Å². The number of hydrogen-bond donors (Lipinski definition) is 1. The number of nitrogens with one attached hydrogen (secondary N) is 1.